The maximum Gasteiger partial charge on any atom is 0.253 e. The molecule has 2 aromatic rings. The lowest BCUT2D eigenvalue weighted by Crippen LogP contribution is -2.53. The number of nitrogens with one attached hydrogen (secondary N) is 2. The second-order valence-electron chi connectivity index (χ2n) is 11.7. The standard InChI is InChI=1S/C34H50N4O6S/c1-7-11-27-19-28(22-29(20-27)34(42)37(16-8-2)17-9-3)33(41)35-31(21-26-12-14-30(39)15-13-26)32(40)23-38(18-10-4)36-45(43,44)24-25(5)6/h12-15,19-20,22,25,31-32,36,39-40H,8-10,16-18,21,23-24H2,1-6H3,(H,35,41). The fourth-order valence-electron chi connectivity index (χ4n) is 5.03. The van der Waals surface area contributed by atoms with Gasteiger partial charge in [-0.25, -0.2) is 13.4 Å². The maximum absolute atomic E-state index is 13.8. The molecule has 248 valence electrons. The quantitative estimate of drug-likeness (QED) is 0.143. The van der Waals surface area contributed by atoms with E-state index in [0.717, 1.165) is 18.4 Å². The molecule has 2 atom stereocenters. The Balaban J connectivity index is 2.44. The summed E-state index contributed by atoms with van der Waals surface area (Å²) in [4.78, 5) is 31.5. The molecule has 4 N–H and O–H groups in total. The molecule has 10 nitrogen and oxygen atoms in total. The number of rotatable bonds is 18. The predicted octanol–water partition coefficient (Wildman–Crippen LogP) is 3.93. The van der Waals surface area contributed by atoms with Gasteiger partial charge in [-0.15, -0.1) is 10.8 Å². The fraction of sp³-hybridized carbons (Fsp3) is 0.529. The second kappa shape index (κ2) is 18.5. The van der Waals surface area contributed by atoms with Crippen molar-refractivity contribution in [3.63, 3.8) is 0 Å². The van der Waals surface area contributed by atoms with Gasteiger partial charge in [-0.2, -0.15) is 0 Å². The van der Waals surface area contributed by atoms with Crippen molar-refractivity contribution in [3.8, 4) is 17.6 Å². The van der Waals surface area contributed by atoms with E-state index < -0.39 is 28.1 Å². The van der Waals surface area contributed by atoms with E-state index in [0.29, 0.717) is 37.2 Å². The number of phenolic OH excluding ortho intramolecular Hbond substituents is 1. The van der Waals surface area contributed by atoms with Crippen molar-refractivity contribution in [1.29, 1.82) is 0 Å². The first-order chi connectivity index (χ1) is 21.3. The van der Waals surface area contributed by atoms with Crippen LogP contribution in [0.1, 0.15) is 92.6 Å². The van der Waals surface area contributed by atoms with Gasteiger partial charge in [0.15, 0.2) is 0 Å². The van der Waals surface area contributed by atoms with E-state index in [4.69, 9.17) is 0 Å². The van der Waals surface area contributed by atoms with Gasteiger partial charge in [0, 0.05) is 42.9 Å². The number of hydrazine groups is 1. The van der Waals surface area contributed by atoms with Crippen LogP contribution in [-0.2, 0) is 16.4 Å². The first-order valence-electron chi connectivity index (χ1n) is 15.7. The maximum atomic E-state index is 13.8. The van der Waals surface area contributed by atoms with Crippen LogP contribution in [-0.4, -0.2) is 84.4 Å². The second-order valence-corrected chi connectivity index (χ2v) is 13.4. The molecule has 0 fully saturated rings. The minimum atomic E-state index is -3.64. The van der Waals surface area contributed by atoms with Gasteiger partial charge in [-0.1, -0.05) is 52.7 Å². The zero-order chi connectivity index (χ0) is 33.6. The van der Waals surface area contributed by atoms with Crippen LogP contribution in [0.2, 0.25) is 0 Å². The van der Waals surface area contributed by atoms with Gasteiger partial charge in [-0.3, -0.25) is 9.59 Å². The number of carbonyl (C=O) groups is 2. The number of hydrogen-bond donors (Lipinski definition) is 4. The third-order valence-electron chi connectivity index (χ3n) is 6.88. The van der Waals surface area contributed by atoms with Gasteiger partial charge in [0.1, 0.15) is 5.75 Å². The van der Waals surface area contributed by atoms with E-state index in [9.17, 15) is 28.2 Å². The summed E-state index contributed by atoms with van der Waals surface area (Å²) in [6, 6.07) is 10.4. The van der Waals surface area contributed by atoms with Gasteiger partial charge in [0.2, 0.25) is 10.0 Å². The number of aliphatic hydroxyl groups excluding tert-OH is 1. The van der Waals surface area contributed by atoms with Gasteiger partial charge < -0.3 is 20.4 Å². The summed E-state index contributed by atoms with van der Waals surface area (Å²) in [5, 5.41) is 25.6. The highest BCUT2D eigenvalue weighted by Crippen LogP contribution is 2.17. The van der Waals surface area contributed by atoms with Crippen molar-refractivity contribution in [1.82, 2.24) is 20.1 Å². The Morgan fingerprint density at radius 3 is 2.09 bits per heavy atom. The predicted molar refractivity (Wildman–Crippen MR) is 178 cm³/mol. The van der Waals surface area contributed by atoms with Crippen molar-refractivity contribution >= 4 is 21.8 Å². The number of benzene rings is 2. The molecule has 0 saturated heterocycles. The van der Waals surface area contributed by atoms with Crippen LogP contribution < -0.4 is 10.1 Å². The summed E-state index contributed by atoms with van der Waals surface area (Å²) in [6.07, 6.45) is 1.24. The van der Waals surface area contributed by atoms with Crippen LogP contribution in [0.3, 0.4) is 0 Å². The summed E-state index contributed by atoms with van der Waals surface area (Å²) in [5.74, 6) is 5.02. The lowest BCUT2D eigenvalue weighted by molar-refractivity contribution is 0.0618. The van der Waals surface area contributed by atoms with Crippen LogP contribution in [0, 0.1) is 17.8 Å². The number of sulfonamides is 1. The highest BCUT2D eigenvalue weighted by atomic mass is 32.2. The third-order valence-corrected chi connectivity index (χ3v) is 8.52. The van der Waals surface area contributed by atoms with Crippen LogP contribution in [0.25, 0.3) is 0 Å². The summed E-state index contributed by atoms with van der Waals surface area (Å²) < 4.78 is 25.4. The Hall–Kier alpha value is -3.43. The summed E-state index contributed by atoms with van der Waals surface area (Å²) in [5.41, 5.74) is 1.84. The number of phenols is 1. The monoisotopic (exact) mass is 642 g/mol. The van der Waals surface area contributed by atoms with E-state index in [1.165, 1.54) is 17.1 Å². The lowest BCUT2D eigenvalue weighted by Gasteiger charge is -2.30. The lowest BCUT2D eigenvalue weighted by atomic mass is 9.99. The van der Waals surface area contributed by atoms with Crippen LogP contribution in [0.4, 0.5) is 0 Å². The molecular formula is C34H50N4O6S. The summed E-state index contributed by atoms with van der Waals surface area (Å²) >= 11 is 0. The Morgan fingerprint density at radius 1 is 0.933 bits per heavy atom. The van der Waals surface area contributed by atoms with Crippen molar-refractivity contribution in [2.45, 2.75) is 79.4 Å². The van der Waals surface area contributed by atoms with E-state index in [-0.39, 0.29) is 41.9 Å². The average molecular weight is 643 g/mol. The smallest absolute Gasteiger partial charge is 0.253 e. The average Bonchev–Trinajstić information content (AvgIpc) is 2.96. The van der Waals surface area contributed by atoms with Crippen LogP contribution in [0.5, 0.6) is 5.75 Å². The Morgan fingerprint density at radius 2 is 1.53 bits per heavy atom. The molecule has 0 aliphatic rings. The van der Waals surface area contributed by atoms with Crippen molar-refractivity contribution < 1.29 is 28.2 Å². The molecule has 0 bridgehead atoms. The minimum absolute atomic E-state index is 0.0665. The van der Waals surface area contributed by atoms with E-state index in [1.807, 2.05) is 34.6 Å². The van der Waals surface area contributed by atoms with Gasteiger partial charge in [0.05, 0.1) is 17.9 Å². The van der Waals surface area contributed by atoms with Crippen molar-refractivity contribution in [2.75, 3.05) is 31.9 Å². The first-order valence-corrected chi connectivity index (χ1v) is 17.4. The molecule has 2 aromatic carbocycles. The normalized spacial score (nSPS) is 12.8. The molecule has 0 aliphatic heterocycles. The third kappa shape index (κ3) is 12.8. The zero-order valence-electron chi connectivity index (χ0n) is 27.5. The SMILES string of the molecule is CC#Cc1cc(C(=O)NC(Cc2ccc(O)cc2)C(O)CN(CCC)NS(=O)(=O)CC(C)C)cc(C(=O)N(CCC)CCC)c1. The molecule has 0 radical (unpaired) electrons. The number of carbonyl (C=O) groups excluding carboxylic acids is 2. The van der Waals surface area contributed by atoms with Gasteiger partial charge >= 0.3 is 0 Å². The van der Waals surface area contributed by atoms with Crippen LogP contribution in [0.15, 0.2) is 42.5 Å². The minimum Gasteiger partial charge on any atom is -0.508 e. The molecule has 0 spiro atoms. The summed E-state index contributed by atoms with van der Waals surface area (Å²) in [6.45, 7) is 12.7. The van der Waals surface area contributed by atoms with E-state index >= 15 is 0 Å². The highest BCUT2D eigenvalue weighted by Gasteiger charge is 2.27. The molecule has 0 aliphatic carbocycles. The van der Waals surface area contributed by atoms with E-state index in [2.05, 4.69) is 22.0 Å². The molecule has 0 saturated carbocycles. The molecule has 45 heavy (non-hydrogen) atoms. The first kappa shape index (κ1) is 37.8. The Bertz CT molecular complexity index is 1410. The molecular weight excluding hydrogens is 592 g/mol. The Kier molecular flexibility index (Phi) is 15.5. The molecule has 2 rings (SSSR count). The zero-order valence-corrected chi connectivity index (χ0v) is 28.3. The molecule has 0 heterocycles. The number of aliphatic hydroxyl groups is 1. The largest absolute Gasteiger partial charge is 0.508 e. The van der Waals surface area contributed by atoms with Gasteiger partial charge in [-0.05, 0) is 74.4 Å². The van der Waals surface area contributed by atoms with E-state index in [1.54, 1.807) is 42.2 Å². The number of amides is 2. The highest BCUT2D eigenvalue weighted by molar-refractivity contribution is 7.89. The molecule has 2 unspecified atom stereocenters. The number of hydrogen-bond acceptors (Lipinski definition) is 7. The van der Waals surface area contributed by atoms with Crippen LogP contribution >= 0.6 is 0 Å². The molecule has 11 heteroatoms. The van der Waals surface area contributed by atoms with Crippen molar-refractivity contribution in [2.24, 2.45) is 5.92 Å². The fourth-order valence-corrected chi connectivity index (χ4v) is 6.54. The topological polar surface area (TPSA) is 139 Å². The summed E-state index contributed by atoms with van der Waals surface area (Å²) in [7, 11) is -3.64. The molecule has 2 amide bonds. The number of nitrogens with zero attached hydrogens (tertiary/aromatic N) is 2. The Labute approximate surface area is 269 Å². The molecule has 0 aromatic heterocycles. The van der Waals surface area contributed by atoms with Crippen molar-refractivity contribution in [3.05, 3.63) is 64.7 Å². The van der Waals surface area contributed by atoms with Gasteiger partial charge in [0.25, 0.3) is 11.8 Å². The number of aromatic hydroxyl groups is 1.